The zero-order chi connectivity index (χ0) is 19.8. The predicted octanol–water partition coefficient (Wildman–Crippen LogP) is 3.86. The Kier molecular flexibility index (Phi) is 4.95. The number of amides is 2. The van der Waals surface area contributed by atoms with E-state index in [1.54, 1.807) is 4.90 Å². The Labute approximate surface area is 155 Å². The molecular weight excluding hydrogens is 357 g/mol. The number of nitrogens with zero attached hydrogens (tertiary/aromatic N) is 1. The second-order valence-corrected chi connectivity index (χ2v) is 6.72. The van der Waals surface area contributed by atoms with Crippen LogP contribution in [0.25, 0.3) is 0 Å². The van der Waals surface area contributed by atoms with Crippen LogP contribution in [0.15, 0.2) is 42.5 Å². The molecule has 0 aromatic heterocycles. The highest BCUT2D eigenvalue weighted by Gasteiger charge is 2.33. The van der Waals surface area contributed by atoms with Gasteiger partial charge in [0, 0.05) is 24.2 Å². The SMILES string of the molecule is Cc1ccc(N2C[C@H](NC(=O)c3ccc(C(F)(F)F)cc3)CC2=O)cc1C. The molecule has 27 heavy (non-hydrogen) atoms. The van der Waals surface area contributed by atoms with Crippen LogP contribution in [-0.4, -0.2) is 24.4 Å². The summed E-state index contributed by atoms with van der Waals surface area (Å²) in [5.74, 6) is -0.598. The summed E-state index contributed by atoms with van der Waals surface area (Å²) < 4.78 is 37.8. The molecule has 142 valence electrons. The fraction of sp³-hybridized carbons (Fsp3) is 0.300. The Morgan fingerprint density at radius 1 is 1.07 bits per heavy atom. The van der Waals surface area contributed by atoms with Crippen molar-refractivity contribution in [3.63, 3.8) is 0 Å². The number of benzene rings is 2. The highest BCUT2D eigenvalue weighted by atomic mass is 19.4. The number of halogens is 3. The molecule has 2 amide bonds. The average molecular weight is 376 g/mol. The Bertz CT molecular complexity index is 876. The van der Waals surface area contributed by atoms with E-state index in [0.717, 1.165) is 41.1 Å². The van der Waals surface area contributed by atoms with Crippen LogP contribution in [0.4, 0.5) is 18.9 Å². The van der Waals surface area contributed by atoms with E-state index in [1.165, 1.54) is 0 Å². The Balaban J connectivity index is 1.67. The lowest BCUT2D eigenvalue weighted by molar-refractivity contribution is -0.137. The second-order valence-electron chi connectivity index (χ2n) is 6.72. The van der Waals surface area contributed by atoms with Gasteiger partial charge >= 0.3 is 6.18 Å². The first-order chi connectivity index (χ1) is 12.6. The highest BCUT2D eigenvalue weighted by Crippen LogP contribution is 2.29. The summed E-state index contributed by atoms with van der Waals surface area (Å²) in [6, 6.07) is 9.34. The summed E-state index contributed by atoms with van der Waals surface area (Å²) in [6.07, 6.45) is -4.29. The van der Waals surface area contributed by atoms with Crippen molar-refractivity contribution in [3.8, 4) is 0 Å². The number of carbonyl (C=O) groups is 2. The summed E-state index contributed by atoms with van der Waals surface area (Å²) in [5, 5.41) is 2.73. The van der Waals surface area contributed by atoms with Gasteiger partial charge in [-0.2, -0.15) is 13.2 Å². The zero-order valence-electron chi connectivity index (χ0n) is 14.9. The molecule has 1 N–H and O–H groups in total. The molecule has 7 heteroatoms. The minimum atomic E-state index is -4.44. The summed E-state index contributed by atoms with van der Waals surface area (Å²) in [5.41, 5.74) is 2.28. The smallest absolute Gasteiger partial charge is 0.347 e. The van der Waals surface area contributed by atoms with Gasteiger partial charge in [-0.1, -0.05) is 6.07 Å². The van der Waals surface area contributed by atoms with E-state index in [4.69, 9.17) is 0 Å². The normalized spacial score (nSPS) is 17.3. The monoisotopic (exact) mass is 376 g/mol. The molecule has 1 aliphatic heterocycles. The van der Waals surface area contributed by atoms with Crippen molar-refractivity contribution in [1.82, 2.24) is 5.32 Å². The summed E-state index contributed by atoms with van der Waals surface area (Å²) >= 11 is 0. The average Bonchev–Trinajstić information content (AvgIpc) is 2.97. The Morgan fingerprint density at radius 2 is 1.74 bits per heavy atom. The van der Waals surface area contributed by atoms with E-state index in [9.17, 15) is 22.8 Å². The maximum absolute atomic E-state index is 12.6. The van der Waals surface area contributed by atoms with Crippen LogP contribution in [0, 0.1) is 13.8 Å². The van der Waals surface area contributed by atoms with E-state index in [0.29, 0.717) is 6.54 Å². The first-order valence-electron chi connectivity index (χ1n) is 8.51. The van der Waals surface area contributed by atoms with Crippen LogP contribution in [0.2, 0.25) is 0 Å². The fourth-order valence-electron chi connectivity index (χ4n) is 3.03. The third-order valence-corrected chi connectivity index (χ3v) is 4.74. The topological polar surface area (TPSA) is 49.4 Å². The summed E-state index contributed by atoms with van der Waals surface area (Å²) in [6.45, 7) is 4.27. The van der Waals surface area contributed by atoms with Gasteiger partial charge in [0.2, 0.25) is 5.91 Å². The number of carbonyl (C=O) groups excluding carboxylic acids is 2. The van der Waals surface area contributed by atoms with E-state index >= 15 is 0 Å². The molecule has 1 heterocycles. The van der Waals surface area contributed by atoms with Gasteiger partial charge in [0.15, 0.2) is 0 Å². The van der Waals surface area contributed by atoms with Gasteiger partial charge in [0.05, 0.1) is 11.6 Å². The number of nitrogens with one attached hydrogen (secondary N) is 1. The molecule has 1 saturated heterocycles. The van der Waals surface area contributed by atoms with Crippen LogP contribution >= 0.6 is 0 Å². The molecule has 0 radical (unpaired) electrons. The summed E-state index contributed by atoms with van der Waals surface area (Å²) in [7, 11) is 0. The molecule has 4 nitrogen and oxygen atoms in total. The molecule has 2 aromatic carbocycles. The first kappa shape index (κ1) is 18.9. The lowest BCUT2D eigenvalue weighted by atomic mass is 10.1. The van der Waals surface area contributed by atoms with Crippen molar-refractivity contribution in [3.05, 3.63) is 64.7 Å². The maximum atomic E-state index is 12.6. The summed E-state index contributed by atoms with van der Waals surface area (Å²) in [4.78, 5) is 26.2. The fourth-order valence-corrected chi connectivity index (χ4v) is 3.03. The van der Waals surface area contributed by atoms with Crippen molar-refractivity contribution >= 4 is 17.5 Å². The maximum Gasteiger partial charge on any atom is 0.416 e. The Hall–Kier alpha value is -2.83. The zero-order valence-corrected chi connectivity index (χ0v) is 14.9. The molecule has 0 spiro atoms. The van der Waals surface area contributed by atoms with E-state index in [-0.39, 0.29) is 17.9 Å². The van der Waals surface area contributed by atoms with Crippen LogP contribution in [0.1, 0.15) is 33.5 Å². The molecule has 1 aliphatic rings. The quantitative estimate of drug-likeness (QED) is 0.884. The number of hydrogen-bond donors (Lipinski definition) is 1. The largest absolute Gasteiger partial charge is 0.416 e. The van der Waals surface area contributed by atoms with Crippen LogP contribution in [0.3, 0.4) is 0 Å². The van der Waals surface area contributed by atoms with Gasteiger partial charge in [0.25, 0.3) is 5.91 Å². The number of anilines is 1. The molecule has 3 rings (SSSR count). The minimum absolute atomic E-state index is 0.101. The molecule has 1 fully saturated rings. The van der Waals surface area contributed by atoms with Crippen molar-refractivity contribution in [2.24, 2.45) is 0 Å². The minimum Gasteiger partial charge on any atom is -0.347 e. The van der Waals surface area contributed by atoms with Crippen molar-refractivity contribution < 1.29 is 22.8 Å². The molecule has 2 aromatic rings. The lowest BCUT2D eigenvalue weighted by Crippen LogP contribution is -2.37. The van der Waals surface area contributed by atoms with Crippen LogP contribution in [0.5, 0.6) is 0 Å². The van der Waals surface area contributed by atoms with E-state index in [2.05, 4.69) is 5.32 Å². The molecule has 1 atom stereocenters. The van der Waals surface area contributed by atoms with Gasteiger partial charge < -0.3 is 10.2 Å². The van der Waals surface area contributed by atoms with Crippen molar-refractivity contribution in [2.75, 3.05) is 11.4 Å². The van der Waals surface area contributed by atoms with Gasteiger partial charge in [-0.05, 0) is 61.4 Å². The van der Waals surface area contributed by atoms with Crippen molar-refractivity contribution in [2.45, 2.75) is 32.5 Å². The lowest BCUT2D eigenvalue weighted by Gasteiger charge is -2.18. The second kappa shape index (κ2) is 7.06. The predicted molar refractivity (Wildman–Crippen MR) is 95.6 cm³/mol. The molecule has 0 bridgehead atoms. The first-order valence-corrected chi connectivity index (χ1v) is 8.51. The third kappa shape index (κ3) is 4.13. The number of hydrogen-bond acceptors (Lipinski definition) is 2. The Morgan fingerprint density at radius 3 is 2.33 bits per heavy atom. The van der Waals surface area contributed by atoms with Crippen molar-refractivity contribution in [1.29, 1.82) is 0 Å². The molecular formula is C20H19F3N2O2. The standard InChI is InChI=1S/C20H19F3N2O2/c1-12-3-8-17(9-13(12)2)25-11-16(10-18(25)26)24-19(27)14-4-6-15(7-5-14)20(21,22)23/h3-9,16H,10-11H2,1-2H3,(H,24,27)/t16-/m1/s1. The van der Waals surface area contributed by atoms with Crippen LogP contribution in [-0.2, 0) is 11.0 Å². The highest BCUT2D eigenvalue weighted by molar-refractivity contribution is 5.99. The number of aryl methyl sites for hydroxylation is 2. The molecule has 0 aliphatic carbocycles. The molecule has 0 unspecified atom stereocenters. The number of alkyl halides is 3. The van der Waals surface area contributed by atoms with Crippen LogP contribution < -0.4 is 10.2 Å². The van der Waals surface area contributed by atoms with Gasteiger partial charge in [-0.25, -0.2) is 0 Å². The number of rotatable bonds is 3. The third-order valence-electron chi connectivity index (χ3n) is 4.74. The van der Waals surface area contributed by atoms with E-state index < -0.39 is 23.7 Å². The van der Waals surface area contributed by atoms with E-state index in [1.807, 2.05) is 32.0 Å². The van der Waals surface area contributed by atoms with Gasteiger partial charge in [0.1, 0.15) is 0 Å². The van der Waals surface area contributed by atoms with Gasteiger partial charge in [-0.15, -0.1) is 0 Å². The van der Waals surface area contributed by atoms with Gasteiger partial charge in [-0.3, -0.25) is 9.59 Å². The molecule has 0 saturated carbocycles.